The van der Waals surface area contributed by atoms with Gasteiger partial charge in [0.15, 0.2) is 0 Å². The molecule has 2 aromatic carbocycles. The van der Waals surface area contributed by atoms with Crippen molar-refractivity contribution in [2.45, 2.75) is 0 Å². The van der Waals surface area contributed by atoms with Gasteiger partial charge in [0.1, 0.15) is 11.5 Å². The summed E-state index contributed by atoms with van der Waals surface area (Å²) in [6, 6.07) is 11.8. The van der Waals surface area contributed by atoms with Crippen LogP contribution in [0, 0.1) is 0 Å². The number of hydrogen-bond donors (Lipinski definition) is 5. The summed E-state index contributed by atoms with van der Waals surface area (Å²) in [4.78, 5) is 10.3. The van der Waals surface area contributed by atoms with Crippen LogP contribution in [0.1, 0.15) is 0 Å². The van der Waals surface area contributed by atoms with E-state index in [1.807, 2.05) is 0 Å². The molecule has 0 spiro atoms. The smallest absolute Gasteiger partial charge is 0.316 e. The van der Waals surface area contributed by atoms with Gasteiger partial charge in [-0.25, -0.2) is 4.79 Å². The molecule has 100 valence electrons. The average molecular weight is 261 g/mol. The van der Waals surface area contributed by atoms with Crippen molar-refractivity contribution < 1.29 is 15.0 Å². The van der Waals surface area contributed by atoms with Gasteiger partial charge in [-0.1, -0.05) is 0 Å². The molecule has 0 unspecified atom stereocenters. The van der Waals surface area contributed by atoms with Gasteiger partial charge < -0.3 is 27.0 Å². The van der Waals surface area contributed by atoms with Crippen LogP contribution in [0.2, 0.25) is 0 Å². The molecule has 0 saturated carbocycles. The maximum atomic E-state index is 10.3. The number of nitrogens with two attached hydrogens (primary N) is 2. The average Bonchev–Trinajstić information content (AvgIpc) is 2.36. The first-order valence-electron chi connectivity index (χ1n) is 5.37. The van der Waals surface area contributed by atoms with Gasteiger partial charge in [-0.05, 0) is 48.5 Å². The third-order valence-electron chi connectivity index (χ3n) is 2.03. The maximum Gasteiger partial charge on any atom is 0.316 e. The number of nitrogens with one attached hydrogen (secondary N) is 1. The minimum absolute atomic E-state index is 0.153. The zero-order chi connectivity index (χ0) is 14.3. The van der Waals surface area contributed by atoms with E-state index in [1.54, 1.807) is 36.4 Å². The van der Waals surface area contributed by atoms with Crippen LogP contribution in [0.3, 0.4) is 0 Å². The van der Waals surface area contributed by atoms with Gasteiger partial charge in [-0.2, -0.15) is 0 Å². The standard InChI is InChI=1S/C7H8N2O2.C6H7NO/c8-7(11)9-5-1-3-6(10)4-2-5;7-5-1-3-6(8)4-2-5/h1-4,10H,(H3,8,9,11);1-4,8H,7H2. The lowest BCUT2D eigenvalue weighted by Crippen LogP contribution is -2.18. The number of phenolic OH excluding ortho intramolecular Hbond substituents is 2. The van der Waals surface area contributed by atoms with E-state index in [1.165, 1.54) is 12.1 Å². The molecular weight excluding hydrogens is 246 g/mol. The number of rotatable bonds is 1. The Hall–Kier alpha value is -2.89. The Kier molecular flexibility index (Phi) is 5.04. The molecule has 0 bridgehead atoms. The van der Waals surface area contributed by atoms with Gasteiger partial charge in [-0.15, -0.1) is 0 Å². The highest BCUT2D eigenvalue weighted by molar-refractivity contribution is 5.87. The molecule has 2 rings (SSSR count). The Balaban J connectivity index is 0.000000200. The maximum absolute atomic E-state index is 10.3. The molecule has 0 atom stereocenters. The molecule has 0 radical (unpaired) electrons. The van der Waals surface area contributed by atoms with Crippen molar-refractivity contribution in [2.24, 2.45) is 5.73 Å². The summed E-state index contributed by atoms with van der Waals surface area (Å²) in [6.45, 7) is 0. The van der Waals surface area contributed by atoms with Crippen LogP contribution >= 0.6 is 0 Å². The number of nitrogen functional groups attached to an aromatic ring is 1. The zero-order valence-electron chi connectivity index (χ0n) is 10.1. The van der Waals surface area contributed by atoms with Gasteiger partial charge in [0, 0.05) is 11.4 Å². The second-order valence-electron chi connectivity index (χ2n) is 3.63. The molecule has 0 aromatic heterocycles. The molecule has 19 heavy (non-hydrogen) atoms. The quantitative estimate of drug-likeness (QED) is 0.397. The summed E-state index contributed by atoms with van der Waals surface area (Å²) in [6.07, 6.45) is 0. The third-order valence-corrected chi connectivity index (χ3v) is 2.03. The number of hydrogen-bond acceptors (Lipinski definition) is 4. The highest BCUT2D eigenvalue weighted by atomic mass is 16.3. The summed E-state index contributed by atoms with van der Waals surface area (Å²) in [7, 11) is 0. The first-order valence-corrected chi connectivity index (χ1v) is 5.37. The summed E-state index contributed by atoms with van der Waals surface area (Å²) in [5, 5.41) is 19.9. The van der Waals surface area contributed by atoms with Crippen LogP contribution in [-0.4, -0.2) is 16.2 Å². The lowest BCUT2D eigenvalue weighted by Gasteiger charge is -1.99. The van der Waals surface area contributed by atoms with E-state index in [0.717, 1.165) is 0 Å². The summed E-state index contributed by atoms with van der Waals surface area (Å²) in [5.74, 6) is 0.402. The number of phenols is 2. The van der Waals surface area contributed by atoms with Crippen molar-refractivity contribution in [1.29, 1.82) is 0 Å². The number of urea groups is 1. The molecule has 0 aliphatic rings. The molecule has 2 aromatic rings. The third kappa shape index (κ3) is 5.83. The predicted molar refractivity (Wildman–Crippen MR) is 73.8 cm³/mol. The number of benzene rings is 2. The molecule has 0 fully saturated rings. The predicted octanol–water partition coefficient (Wildman–Crippen LogP) is 1.86. The molecule has 0 heterocycles. The topological polar surface area (TPSA) is 122 Å². The SMILES string of the molecule is NC(=O)Nc1ccc(O)cc1.Nc1ccc(O)cc1. The van der Waals surface area contributed by atoms with E-state index in [-0.39, 0.29) is 11.5 Å². The van der Waals surface area contributed by atoms with Crippen molar-refractivity contribution in [3.8, 4) is 11.5 Å². The normalized spacial score (nSPS) is 9.05. The number of primary amides is 1. The number of aromatic hydroxyl groups is 2. The van der Waals surface area contributed by atoms with E-state index in [4.69, 9.17) is 21.7 Å². The summed E-state index contributed by atoms with van der Waals surface area (Å²) in [5.41, 5.74) is 11.4. The minimum Gasteiger partial charge on any atom is -0.508 e. The van der Waals surface area contributed by atoms with Crippen LogP contribution in [0.5, 0.6) is 11.5 Å². The molecule has 2 amide bonds. The molecule has 0 aliphatic carbocycles. The van der Waals surface area contributed by atoms with Gasteiger partial charge in [0.2, 0.25) is 0 Å². The van der Waals surface area contributed by atoms with E-state index in [0.29, 0.717) is 11.4 Å². The van der Waals surface area contributed by atoms with E-state index in [2.05, 4.69) is 5.32 Å². The second-order valence-corrected chi connectivity index (χ2v) is 3.63. The zero-order valence-corrected chi connectivity index (χ0v) is 10.1. The number of amides is 2. The molecule has 0 saturated heterocycles. The number of carbonyl (C=O) groups is 1. The minimum atomic E-state index is -0.615. The lowest BCUT2D eigenvalue weighted by atomic mass is 10.3. The highest BCUT2D eigenvalue weighted by Crippen LogP contribution is 2.13. The van der Waals surface area contributed by atoms with Crippen LogP contribution in [0.4, 0.5) is 16.2 Å². The Morgan fingerprint density at radius 3 is 1.68 bits per heavy atom. The molecule has 7 N–H and O–H groups in total. The van der Waals surface area contributed by atoms with Crippen LogP contribution in [-0.2, 0) is 0 Å². The first-order chi connectivity index (χ1) is 8.97. The second kappa shape index (κ2) is 6.75. The molecular formula is C13H15N3O3. The van der Waals surface area contributed by atoms with Crippen LogP contribution in [0.15, 0.2) is 48.5 Å². The van der Waals surface area contributed by atoms with Crippen molar-refractivity contribution in [1.82, 2.24) is 0 Å². The van der Waals surface area contributed by atoms with Crippen LogP contribution < -0.4 is 16.8 Å². The number of anilines is 2. The van der Waals surface area contributed by atoms with Crippen molar-refractivity contribution in [2.75, 3.05) is 11.1 Å². The fourth-order valence-corrected chi connectivity index (χ4v) is 1.16. The van der Waals surface area contributed by atoms with Crippen molar-refractivity contribution in [3.05, 3.63) is 48.5 Å². The monoisotopic (exact) mass is 261 g/mol. The van der Waals surface area contributed by atoms with Crippen molar-refractivity contribution >= 4 is 17.4 Å². The fourth-order valence-electron chi connectivity index (χ4n) is 1.16. The van der Waals surface area contributed by atoms with Gasteiger partial charge in [0.25, 0.3) is 0 Å². The fraction of sp³-hybridized carbons (Fsp3) is 0. The van der Waals surface area contributed by atoms with Crippen LogP contribution in [0.25, 0.3) is 0 Å². The van der Waals surface area contributed by atoms with E-state index in [9.17, 15) is 4.79 Å². The highest BCUT2D eigenvalue weighted by Gasteiger charge is 1.93. The number of carbonyl (C=O) groups excluding carboxylic acids is 1. The summed E-state index contributed by atoms with van der Waals surface area (Å²) >= 11 is 0. The van der Waals surface area contributed by atoms with Gasteiger partial charge in [-0.3, -0.25) is 0 Å². The first kappa shape index (κ1) is 14.2. The van der Waals surface area contributed by atoms with E-state index < -0.39 is 6.03 Å². The van der Waals surface area contributed by atoms with Gasteiger partial charge >= 0.3 is 6.03 Å². The van der Waals surface area contributed by atoms with E-state index >= 15 is 0 Å². The Bertz CT molecular complexity index is 503. The molecule has 6 heteroatoms. The lowest BCUT2D eigenvalue weighted by molar-refractivity contribution is 0.259. The Labute approximate surface area is 110 Å². The van der Waals surface area contributed by atoms with Gasteiger partial charge in [0.05, 0.1) is 0 Å². The van der Waals surface area contributed by atoms with Crippen molar-refractivity contribution in [3.63, 3.8) is 0 Å². The largest absolute Gasteiger partial charge is 0.508 e. The molecule has 0 aliphatic heterocycles. The molecule has 6 nitrogen and oxygen atoms in total. The Morgan fingerprint density at radius 2 is 1.32 bits per heavy atom. The Morgan fingerprint density at radius 1 is 0.895 bits per heavy atom. The summed E-state index contributed by atoms with van der Waals surface area (Å²) < 4.78 is 0.